The van der Waals surface area contributed by atoms with E-state index in [1.54, 1.807) is 10.3 Å². The molecule has 1 aliphatic rings. The Morgan fingerprint density at radius 3 is 2.60 bits per heavy atom. The molecule has 0 radical (unpaired) electrons. The van der Waals surface area contributed by atoms with E-state index in [0.717, 1.165) is 45.4 Å². The molecule has 0 unspecified atom stereocenters. The third-order valence-corrected chi connectivity index (χ3v) is 4.53. The predicted octanol–water partition coefficient (Wildman–Crippen LogP) is 1.77. The monoisotopic (exact) mass is 299 g/mol. The minimum Gasteiger partial charge on any atom is -0.335 e. The number of hydrogen-bond acceptors (Lipinski definition) is 4. The average molecular weight is 299 g/mol. The van der Waals surface area contributed by atoms with Crippen molar-refractivity contribution in [2.75, 3.05) is 39.3 Å². The number of hydrogen-bond donors (Lipinski definition) is 1. The second-order valence-corrected chi connectivity index (χ2v) is 6.00. The zero-order valence-corrected chi connectivity index (χ0v) is 12.5. The molecule has 2 N–H and O–H groups in total. The number of carbonyl (C=O) groups is 1. The summed E-state index contributed by atoms with van der Waals surface area (Å²) in [6.07, 6.45) is 3.40. The highest BCUT2D eigenvalue weighted by Crippen LogP contribution is 2.18. The molecule has 0 spiro atoms. The van der Waals surface area contributed by atoms with Crippen LogP contribution in [0.5, 0.6) is 0 Å². The first-order valence-electron chi connectivity index (χ1n) is 7.17. The molecule has 0 aliphatic carbocycles. The van der Waals surface area contributed by atoms with E-state index in [2.05, 4.69) is 4.90 Å². The van der Waals surface area contributed by atoms with Gasteiger partial charge in [-0.3, -0.25) is 9.69 Å². The maximum absolute atomic E-state index is 13.4. The van der Waals surface area contributed by atoms with Crippen molar-refractivity contribution in [3.8, 4) is 0 Å². The Balaban J connectivity index is 1.74. The van der Waals surface area contributed by atoms with E-state index in [1.165, 1.54) is 17.4 Å². The number of nitrogens with zero attached hydrogens (tertiary/aromatic N) is 2. The Bertz CT molecular complexity index is 430. The molecule has 2 heterocycles. The molecule has 1 saturated heterocycles. The molecule has 0 atom stereocenters. The van der Waals surface area contributed by atoms with Crippen LogP contribution in [0.15, 0.2) is 11.4 Å². The SMILES string of the molecule is NCCCCCN1CCN(C(=O)c2sccc2F)CC1. The zero-order valence-electron chi connectivity index (χ0n) is 11.7. The largest absolute Gasteiger partial charge is 0.335 e. The van der Waals surface area contributed by atoms with Crippen molar-refractivity contribution in [1.29, 1.82) is 0 Å². The quantitative estimate of drug-likeness (QED) is 0.815. The summed E-state index contributed by atoms with van der Waals surface area (Å²) in [7, 11) is 0. The van der Waals surface area contributed by atoms with Crippen LogP contribution < -0.4 is 5.73 Å². The first-order valence-corrected chi connectivity index (χ1v) is 8.05. The number of thiophene rings is 1. The number of halogens is 1. The van der Waals surface area contributed by atoms with Gasteiger partial charge in [0.05, 0.1) is 0 Å². The summed E-state index contributed by atoms with van der Waals surface area (Å²) in [6.45, 7) is 4.95. The minimum atomic E-state index is -0.399. The van der Waals surface area contributed by atoms with Crippen LogP contribution in [-0.4, -0.2) is 55.0 Å². The van der Waals surface area contributed by atoms with Gasteiger partial charge in [-0.05, 0) is 37.4 Å². The molecule has 1 fully saturated rings. The maximum atomic E-state index is 13.4. The lowest BCUT2D eigenvalue weighted by atomic mass is 10.2. The van der Waals surface area contributed by atoms with Crippen LogP contribution in [0.1, 0.15) is 28.9 Å². The van der Waals surface area contributed by atoms with Gasteiger partial charge in [0.15, 0.2) is 0 Å². The van der Waals surface area contributed by atoms with E-state index < -0.39 is 5.82 Å². The van der Waals surface area contributed by atoms with Crippen molar-refractivity contribution in [2.45, 2.75) is 19.3 Å². The van der Waals surface area contributed by atoms with Gasteiger partial charge in [-0.1, -0.05) is 6.42 Å². The summed E-state index contributed by atoms with van der Waals surface area (Å²) in [5.41, 5.74) is 5.47. The smallest absolute Gasteiger partial charge is 0.267 e. The first kappa shape index (κ1) is 15.4. The summed E-state index contributed by atoms with van der Waals surface area (Å²) in [6, 6.07) is 1.35. The lowest BCUT2D eigenvalue weighted by Crippen LogP contribution is -2.48. The van der Waals surface area contributed by atoms with Gasteiger partial charge in [-0.2, -0.15) is 0 Å². The molecule has 112 valence electrons. The van der Waals surface area contributed by atoms with Crippen LogP contribution in [0.25, 0.3) is 0 Å². The summed E-state index contributed by atoms with van der Waals surface area (Å²) < 4.78 is 13.4. The second-order valence-electron chi connectivity index (χ2n) is 5.08. The van der Waals surface area contributed by atoms with Crippen molar-refractivity contribution in [3.63, 3.8) is 0 Å². The first-order chi connectivity index (χ1) is 9.72. The molecule has 20 heavy (non-hydrogen) atoms. The molecule has 0 bridgehead atoms. The number of rotatable bonds is 6. The zero-order chi connectivity index (χ0) is 14.4. The van der Waals surface area contributed by atoms with Crippen molar-refractivity contribution >= 4 is 17.2 Å². The van der Waals surface area contributed by atoms with Crippen molar-refractivity contribution in [2.24, 2.45) is 5.73 Å². The molecule has 1 aromatic heterocycles. The Kier molecular flexibility index (Phi) is 5.94. The van der Waals surface area contributed by atoms with Gasteiger partial charge in [-0.25, -0.2) is 4.39 Å². The molecule has 1 amide bonds. The topological polar surface area (TPSA) is 49.6 Å². The van der Waals surface area contributed by atoms with Crippen LogP contribution in [-0.2, 0) is 0 Å². The van der Waals surface area contributed by atoms with E-state index >= 15 is 0 Å². The van der Waals surface area contributed by atoms with E-state index in [4.69, 9.17) is 5.73 Å². The number of piperazine rings is 1. The Morgan fingerprint density at radius 1 is 1.25 bits per heavy atom. The molecule has 1 aromatic rings. The van der Waals surface area contributed by atoms with Crippen LogP contribution in [0.2, 0.25) is 0 Å². The minimum absolute atomic E-state index is 0.166. The van der Waals surface area contributed by atoms with Gasteiger partial charge < -0.3 is 10.6 Å². The van der Waals surface area contributed by atoms with Gasteiger partial charge in [0.25, 0.3) is 5.91 Å². The Labute approximate surface area is 123 Å². The van der Waals surface area contributed by atoms with Gasteiger partial charge >= 0.3 is 0 Å². The number of amides is 1. The highest BCUT2D eigenvalue weighted by Gasteiger charge is 2.24. The van der Waals surface area contributed by atoms with Gasteiger partial charge in [0, 0.05) is 26.2 Å². The van der Waals surface area contributed by atoms with Crippen LogP contribution in [0.3, 0.4) is 0 Å². The highest BCUT2D eigenvalue weighted by molar-refractivity contribution is 7.12. The van der Waals surface area contributed by atoms with Crippen molar-refractivity contribution < 1.29 is 9.18 Å². The molecular formula is C14H22FN3OS. The molecule has 2 rings (SSSR count). The van der Waals surface area contributed by atoms with Crippen LogP contribution in [0.4, 0.5) is 4.39 Å². The lowest BCUT2D eigenvalue weighted by Gasteiger charge is -2.34. The van der Waals surface area contributed by atoms with E-state index in [0.29, 0.717) is 13.1 Å². The molecular weight excluding hydrogens is 277 g/mol. The highest BCUT2D eigenvalue weighted by atomic mass is 32.1. The van der Waals surface area contributed by atoms with Gasteiger partial charge in [0.1, 0.15) is 10.7 Å². The molecule has 0 aromatic carbocycles. The van der Waals surface area contributed by atoms with Gasteiger partial charge in [-0.15, -0.1) is 11.3 Å². The van der Waals surface area contributed by atoms with E-state index in [-0.39, 0.29) is 10.8 Å². The summed E-state index contributed by atoms with van der Waals surface area (Å²) in [4.78, 5) is 16.5. The van der Waals surface area contributed by atoms with Crippen molar-refractivity contribution in [3.05, 3.63) is 22.1 Å². The van der Waals surface area contributed by atoms with E-state index in [1.807, 2.05) is 0 Å². The Morgan fingerprint density at radius 2 is 2.00 bits per heavy atom. The molecule has 0 saturated carbocycles. The number of carbonyl (C=O) groups excluding carboxylic acids is 1. The fourth-order valence-electron chi connectivity index (χ4n) is 2.42. The summed E-state index contributed by atoms with van der Waals surface area (Å²) in [5.74, 6) is -0.565. The molecule has 4 nitrogen and oxygen atoms in total. The summed E-state index contributed by atoms with van der Waals surface area (Å²) in [5, 5.41) is 1.62. The van der Waals surface area contributed by atoms with Gasteiger partial charge in [0.2, 0.25) is 0 Å². The summed E-state index contributed by atoms with van der Waals surface area (Å²) >= 11 is 1.18. The number of unbranched alkanes of at least 4 members (excludes halogenated alkanes) is 2. The van der Waals surface area contributed by atoms with Crippen LogP contribution >= 0.6 is 11.3 Å². The normalized spacial score (nSPS) is 16.6. The molecule has 6 heteroatoms. The fraction of sp³-hybridized carbons (Fsp3) is 0.643. The average Bonchev–Trinajstić information content (AvgIpc) is 2.90. The maximum Gasteiger partial charge on any atom is 0.267 e. The van der Waals surface area contributed by atoms with Crippen LogP contribution in [0, 0.1) is 5.82 Å². The second kappa shape index (κ2) is 7.71. The predicted molar refractivity (Wildman–Crippen MR) is 79.5 cm³/mol. The van der Waals surface area contributed by atoms with Crippen molar-refractivity contribution in [1.82, 2.24) is 9.80 Å². The lowest BCUT2D eigenvalue weighted by molar-refractivity contribution is 0.0636. The standard InChI is InChI=1S/C14H22FN3OS/c15-12-4-11-20-13(12)14(19)18-9-7-17(8-10-18)6-3-1-2-5-16/h4,11H,1-3,5-10,16H2. The fourth-order valence-corrected chi connectivity index (χ4v) is 3.16. The third-order valence-electron chi connectivity index (χ3n) is 3.65. The van der Waals surface area contributed by atoms with E-state index in [9.17, 15) is 9.18 Å². The third kappa shape index (κ3) is 4.01. The Hall–Kier alpha value is -0.980. The molecule has 1 aliphatic heterocycles. The number of nitrogens with two attached hydrogens (primary N) is 1.